The third-order valence-corrected chi connectivity index (χ3v) is 5.32. The molecule has 0 unspecified atom stereocenters. The number of H-pyrrole nitrogens is 1. The number of nitrogens with two attached hydrogens (primary N) is 1. The molecule has 1 aliphatic heterocycles. The highest BCUT2D eigenvalue weighted by atomic mass is 35.5. The molecule has 1 saturated heterocycles. The first-order valence-corrected chi connectivity index (χ1v) is 8.92. The van der Waals surface area contributed by atoms with Crippen LogP contribution in [-0.2, 0) is 4.74 Å². The van der Waals surface area contributed by atoms with Crippen molar-refractivity contribution in [2.24, 2.45) is 5.73 Å². The normalized spacial score (nSPS) is 23.5. The lowest BCUT2D eigenvalue weighted by molar-refractivity contribution is 0.00814. The maximum absolute atomic E-state index is 12.0. The zero-order valence-electron chi connectivity index (χ0n) is 13.1. The third kappa shape index (κ3) is 3.75. The van der Waals surface area contributed by atoms with Crippen LogP contribution in [0.2, 0.25) is 5.02 Å². The van der Waals surface area contributed by atoms with Gasteiger partial charge < -0.3 is 10.5 Å². The summed E-state index contributed by atoms with van der Waals surface area (Å²) < 4.78 is 7.36. The third-order valence-electron chi connectivity index (χ3n) is 3.97. The van der Waals surface area contributed by atoms with E-state index in [9.17, 15) is 9.59 Å². The maximum Gasteiger partial charge on any atom is 0.330 e. The Kier molecular flexibility index (Phi) is 5.15. The minimum absolute atomic E-state index is 0.171. The Labute approximate surface area is 148 Å². The van der Waals surface area contributed by atoms with E-state index in [-0.39, 0.29) is 17.7 Å². The number of aromatic nitrogens is 2. The minimum atomic E-state index is -0.478. The maximum atomic E-state index is 12.0. The first-order chi connectivity index (χ1) is 11.4. The van der Waals surface area contributed by atoms with Gasteiger partial charge in [-0.15, -0.1) is 11.8 Å². The molecule has 0 aliphatic carbocycles. The van der Waals surface area contributed by atoms with E-state index in [4.69, 9.17) is 22.1 Å². The number of nitrogens with one attached hydrogen (secondary N) is 1. The number of thioether (sulfide) groups is 1. The van der Waals surface area contributed by atoms with Gasteiger partial charge in [-0.25, -0.2) is 4.79 Å². The van der Waals surface area contributed by atoms with Crippen LogP contribution in [0.4, 0.5) is 0 Å². The van der Waals surface area contributed by atoms with Gasteiger partial charge in [0.05, 0.1) is 6.10 Å². The van der Waals surface area contributed by atoms with Gasteiger partial charge in [0.1, 0.15) is 6.23 Å². The second kappa shape index (κ2) is 7.14. The average molecular weight is 368 g/mol. The first kappa shape index (κ1) is 17.3. The highest BCUT2D eigenvalue weighted by Crippen LogP contribution is 2.31. The molecule has 3 N–H and O–H groups in total. The van der Waals surface area contributed by atoms with Crippen molar-refractivity contribution in [2.45, 2.75) is 36.6 Å². The molecule has 3 rings (SSSR count). The average Bonchev–Trinajstić information content (AvgIpc) is 2.91. The van der Waals surface area contributed by atoms with Gasteiger partial charge in [-0.3, -0.25) is 14.3 Å². The quantitative estimate of drug-likeness (QED) is 0.805. The number of benzene rings is 1. The molecule has 2 heterocycles. The van der Waals surface area contributed by atoms with Crippen molar-refractivity contribution in [1.82, 2.24) is 9.55 Å². The SMILES string of the molecule is Cc1cn([C@H]2C[C@H](N)[C@@H](CSc3ccc(Cl)cc3)O2)c(=O)[nH]c1=O. The Morgan fingerprint density at radius 1 is 1.38 bits per heavy atom. The lowest BCUT2D eigenvalue weighted by Crippen LogP contribution is -2.33. The summed E-state index contributed by atoms with van der Waals surface area (Å²) in [6.45, 7) is 1.65. The number of aryl methyl sites for hydroxylation is 1. The molecule has 128 valence electrons. The van der Waals surface area contributed by atoms with Crippen LogP contribution in [-0.4, -0.2) is 27.4 Å². The Bertz CT molecular complexity index is 834. The van der Waals surface area contributed by atoms with E-state index < -0.39 is 11.9 Å². The van der Waals surface area contributed by atoms with Crippen LogP contribution in [0.5, 0.6) is 0 Å². The van der Waals surface area contributed by atoms with E-state index in [0.717, 1.165) is 4.90 Å². The summed E-state index contributed by atoms with van der Waals surface area (Å²) in [6.07, 6.45) is 1.42. The van der Waals surface area contributed by atoms with Crippen molar-refractivity contribution >= 4 is 23.4 Å². The predicted molar refractivity (Wildman–Crippen MR) is 94.7 cm³/mol. The fraction of sp³-hybridized carbons (Fsp3) is 0.375. The molecule has 1 aliphatic rings. The molecule has 1 aromatic heterocycles. The standard InChI is InChI=1S/C16H18ClN3O3S/c1-9-7-20(16(22)19-15(9)21)14-6-12(18)13(23-14)8-24-11-4-2-10(17)3-5-11/h2-5,7,12-14H,6,8,18H2,1H3,(H,19,21,22)/t12-,13+,14+/m0/s1. The Balaban J connectivity index is 1.68. The van der Waals surface area contributed by atoms with Crippen LogP contribution >= 0.6 is 23.4 Å². The summed E-state index contributed by atoms with van der Waals surface area (Å²) in [6, 6.07) is 7.39. The number of aromatic amines is 1. The van der Waals surface area contributed by atoms with E-state index in [1.54, 1.807) is 18.7 Å². The van der Waals surface area contributed by atoms with Gasteiger partial charge in [0.2, 0.25) is 0 Å². The van der Waals surface area contributed by atoms with Crippen LogP contribution < -0.4 is 17.0 Å². The van der Waals surface area contributed by atoms with Crippen LogP contribution in [0, 0.1) is 6.92 Å². The molecule has 3 atom stereocenters. The highest BCUT2D eigenvalue weighted by Gasteiger charge is 2.34. The van der Waals surface area contributed by atoms with E-state index in [0.29, 0.717) is 22.8 Å². The Hall–Kier alpha value is -1.54. The number of halogens is 1. The Morgan fingerprint density at radius 2 is 2.08 bits per heavy atom. The summed E-state index contributed by atoms with van der Waals surface area (Å²) in [5.74, 6) is 0.677. The largest absolute Gasteiger partial charge is 0.352 e. The van der Waals surface area contributed by atoms with Crippen LogP contribution in [0.25, 0.3) is 0 Å². The molecule has 0 bridgehead atoms. The van der Waals surface area contributed by atoms with Crippen LogP contribution in [0.3, 0.4) is 0 Å². The number of hydrogen-bond acceptors (Lipinski definition) is 5. The predicted octanol–water partition coefficient (Wildman–Crippen LogP) is 1.91. The molecule has 0 amide bonds. The molecule has 1 aromatic carbocycles. The monoisotopic (exact) mass is 367 g/mol. The second-order valence-electron chi connectivity index (χ2n) is 5.77. The molecule has 2 aromatic rings. The molecule has 8 heteroatoms. The van der Waals surface area contributed by atoms with Crippen molar-refractivity contribution in [3.05, 3.63) is 61.9 Å². The summed E-state index contributed by atoms with van der Waals surface area (Å²) in [5.41, 5.74) is 5.77. The van der Waals surface area contributed by atoms with Gasteiger partial charge in [-0.2, -0.15) is 0 Å². The molecule has 24 heavy (non-hydrogen) atoms. The number of hydrogen-bond donors (Lipinski definition) is 2. The highest BCUT2D eigenvalue weighted by molar-refractivity contribution is 7.99. The lowest BCUT2D eigenvalue weighted by atomic mass is 10.1. The fourth-order valence-corrected chi connectivity index (χ4v) is 3.73. The van der Waals surface area contributed by atoms with Crippen molar-refractivity contribution < 1.29 is 4.74 Å². The first-order valence-electron chi connectivity index (χ1n) is 7.55. The summed E-state index contributed by atoms with van der Waals surface area (Å²) >= 11 is 7.50. The molecule has 0 spiro atoms. The Morgan fingerprint density at radius 3 is 2.79 bits per heavy atom. The topological polar surface area (TPSA) is 90.1 Å². The smallest absolute Gasteiger partial charge is 0.330 e. The molecule has 6 nitrogen and oxygen atoms in total. The van der Waals surface area contributed by atoms with E-state index in [1.807, 2.05) is 24.3 Å². The van der Waals surface area contributed by atoms with Gasteiger partial charge in [0.25, 0.3) is 5.56 Å². The van der Waals surface area contributed by atoms with E-state index in [1.165, 1.54) is 10.8 Å². The van der Waals surface area contributed by atoms with Gasteiger partial charge in [0, 0.05) is 39.9 Å². The molecular weight excluding hydrogens is 350 g/mol. The van der Waals surface area contributed by atoms with Crippen LogP contribution in [0.15, 0.2) is 44.9 Å². The minimum Gasteiger partial charge on any atom is -0.352 e. The molecule has 0 radical (unpaired) electrons. The van der Waals surface area contributed by atoms with E-state index in [2.05, 4.69) is 4.98 Å². The zero-order chi connectivity index (χ0) is 17.3. The van der Waals surface area contributed by atoms with Gasteiger partial charge in [-0.1, -0.05) is 11.6 Å². The number of ether oxygens (including phenoxy) is 1. The fourth-order valence-electron chi connectivity index (χ4n) is 2.59. The second-order valence-corrected chi connectivity index (χ2v) is 7.30. The van der Waals surface area contributed by atoms with Crippen molar-refractivity contribution in [1.29, 1.82) is 0 Å². The zero-order valence-corrected chi connectivity index (χ0v) is 14.6. The number of rotatable bonds is 4. The lowest BCUT2D eigenvalue weighted by Gasteiger charge is -2.16. The number of nitrogens with zero attached hydrogens (tertiary/aromatic N) is 1. The van der Waals surface area contributed by atoms with Gasteiger partial charge in [0.15, 0.2) is 0 Å². The molecule has 1 fully saturated rings. The van der Waals surface area contributed by atoms with Crippen molar-refractivity contribution in [3.8, 4) is 0 Å². The van der Waals surface area contributed by atoms with Crippen molar-refractivity contribution in [2.75, 3.05) is 5.75 Å². The van der Waals surface area contributed by atoms with E-state index >= 15 is 0 Å². The summed E-state index contributed by atoms with van der Waals surface area (Å²) in [4.78, 5) is 26.8. The molecular formula is C16H18ClN3O3S. The summed E-state index contributed by atoms with van der Waals surface area (Å²) in [7, 11) is 0. The van der Waals surface area contributed by atoms with Gasteiger partial charge in [-0.05, 0) is 31.2 Å². The van der Waals surface area contributed by atoms with Gasteiger partial charge >= 0.3 is 5.69 Å². The van der Waals surface area contributed by atoms with Crippen LogP contribution in [0.1, 0.15) is 18.2 Å². The molecule has 0 saturated carbocycles. The summed E-state index contributed by atoms with van der Waals surface area (Å²) in [5, 5.41) is 0.695. The van der Waals surface area contributed by atoms with Crippen molar-refractivity contribution in [3.63, 3.8) is 0 Å².